The molecule has 0 spiro atoms. The highest BCUT2D eigenvalue weighted by atomic mass is 19.1. The Morgan fingerprint density at radius 2 is 1.86 bits per heavy atom. The van der Waals surface area contributed by atoms with Crippen LogP contribution in [0, 0.1) is 5.82 Å². The van der Waals surface area contributed by atoms with Crippen molar-refractivity contribution in [2.75, 3.05) is 0 Å². The molecule has 1 nitrogen and oxygen atoms in total. The van der Waals surface area contributed by atoms with Crippen LogP contribution in [0.1, 0.15) is 38.2 Å². The Labute approximate surface area is 85.1 Å². The van der Waals surface area contributed by atoms with Gasteiger partial charge in [0.05, 0.1) is 0 Å². The lowest BCUT2D eigenvalue weighted by molar-refractivity contribution is 0.479. The van der Waals surface area contributed by atoms with Gasteiger partial charge in [-0.2, -0.15) is 0 Å². The van der Waals surface area contributed by atoms with Crippen LogP contribution in [0.4, 0.5) is 4.39 Å². The summed E-state index contributed by atoms with van der Waals surface area (Å²) in [6.07, 6.45) is 1.77. The molecular weight excluding hydrogens is 177 g/mol. The molecule has 0 amide bonds. The second-order valence-corrected chi connectivity index (χ2v) is 3.61. The number of benzene rings is 1. The number of hydrogen-bond donors (Lipinski definition) is 1. The molecule has 0 heterocycles. The fraction of sp³-hybridized carbons (Fsp3) is 0.500. The van der Waals surface area contributed by atoms with Crippen LogP contribution in [0.3, 0.4) is 0 Å². The van der Waals surface area contributed by atoms with Crippen molar-refractivity contribution in [3.8, 4) is 0 Å². The third kappa shape index (κ3) is 2.32. The Balaban J connectivity index is 2.94. The monoisotopic (exact) mass is 195 g/mol. The summed E-state index contributed by atoms with van der Waals surface area (Å²) in [4.78, 5) is 0. The van der Waals surface area contributed by atoms with Gasteiger partial charge in [0.15, 0.2) is 0 Å². The number of hydrogen-bond acceptors (Lipinski definition) is 1. The van der Waals surface area contributed by atoms with Gasteiger partial charge in [-0.15, -0.1) is 0 Å². The fourth-order valence-corrected chi connectivity index (χ4v) is 1.81. The minimum absolute atomic E-state index is 0.0527. The summed E-state index contributed by atoms with van der Waals surface area (Å²) >= 11 is 0. The number of nitrogens with two attached hydrogens (primary N) is 1. The third-order valence-corrected chi connectivity index (χ3v) is 2.73. The van der Waals surface area contributed by atoms with E-state index in [4.69, 9.17) is 5.73 Å². The average Bonchev–Trinajstić information content (AvgIpc) is 2.21. The third-order valence-electron chi connectivity index (χ3n) is 2.73. The maximum absolute atomic E-state index is 13.5. The Kier molecular flexibility index (Phi) is 4.08. The molecule has 1 rings (SSSR count). The molecule has 2 unspecified atom stereocenters. The van der Waals surface area contributed by atoms with Crippen LogP contribution >= 0.6 is 0 Å². The largest absolute Gasteiger partial charge is 0.327 e. The Morgan fingerprint density at radius 1 is 1.21 bits per heavy atom. The molecule has 0 bridgehead atoms. The summed E-state index contributed by atoms with van der Waals surface area (Å²) in [5.74, 6) is 0.00412. The molecule has 14 heavy (non-hydrogen) atoms. The molecule has 0 aliphatic heterocycles. The molecule has 0 aromatic heterocycles. The van der Waals surface area contributed by atoms with Crippen molar-refractivity contribution in [3.63, 3.8) is 0 Å². The molecule has 2 heteroatoms. The van der Waals surface area contributed by atoms with E-state index in [1.807, 2.05) is 26.0 Å². The van der Waals surface area contributed by atoms with E-state index in [-0.39, 0.29) is 17.8 Å². The average molecular weight is 195 g/mol. The van der Waals surface area contributed by atoms with Crippen LogP contribution in [-0.2, 0) is 0 Å². The van der Waals surface area contributed by atoms with E-state index in [1.54, 1.807) is 6.07 Å². The second kappa shape index (κ2) is 5.11. The molecule has 0 aliphatic rings. The van der Waals surface area contributed by atoms with Gasteiger partial charge in [0.2, 0.25) is 0 Å². The SMILES string of the molecule is CCC(N)C(CC)c1ccccc1F. The van der Waals surface area contributed by atoms with Gasteiger partial charge in [0, 0.05) is 12.0 Å². The van der Waals surface area contributed by atoms with Crippen molar-refractivity contribution in [1.82, 2.24) is 0 Å². The molecule has 0 saturated heterocycles. The van der Waals surface area contributed by atoms with Gasteiger partial charge in [-0.1, -0.05) is 32.0 Å². The standard InChI is InChI=1S/C12H18FN/c1-3-9(12(14)4-2)10-7-5-6-8-11(10)13/h5-9,12H,3-4,14H2,1-2H3. The van der Waals surface area contributed by atoms with Gasteiger partial charge < -0.3 is 5.73 Å². The highest BCUT2D eigenvalue weighted by molar-refractivity contribution is 5.23. The van der Waals surface area contributed by atoms with Crippen LogP contribution in [0.2, 0.25) is 0 Å². The molecule has 0 fully saturated rings. The summed E-state index contributed by atoms with van der Waals surface area (Å²) < 4.78 is 13.5. The molecular formula is C12H18FN. The van der Waals surface area contributed by atoms with Crippen LogP contribution in [0.15, 0.2) is 24.3 Å². The summed E-state index contributed by atoms with van der Waals surface area (Å²) in [5, 5.41) is 0. The Hall–Kier alpha value is -0.890. The first-order valence-electron chi connectivity index (χ1n) is 5.20. The fourth-order valence-electron chi connectivity index (χ4n) is 1.81. The summed E-state index contributed by atoms with van der Waals surface area (Å²) in [6, 6.07) is 6.96. The van der Waals surface area contributed by atoms with Gasteiger partial charge in [-0.3, -0.25) is 0 Å². The number of halogens is 1. The van der Waals surface area contributed by atoms with E-state index in [1.165, 1.54) is 6.07 Å². The molecule has 78 valence electrons. The predicted octanol–water partition coefficient (Wildman–Crippen LogP) is 3.06. The van der Waals surface area contributed by atoms with Crippen molar-refractivity contribution in [2.24, 2.45) is 5.73 Å². The van der Waals surface area contributed by atoms with Gasteiger partial charge in [0.25, 0.3) is 0 Å². The Bertz CT molecular complexity index is 285. The summed E-state index contributed by atoms with van der Waals surface area (Å²) in [7, 11) is 0. The lowest BCUT2D eigenvalue weighted by atomic mass is 9.88. The first-order chi connectivity index (χ1) is 6.70. The topological polar surface area (TPSA) is 26.0 Å². The van der Waals surface area contributed by atoms with Crippen LogP contribution in [0.5, 0.6) is 0 Å². The first-order valence-corrected chi connectivity index (χ1v) is 5.20. The Morgan fingerprint density at radius 3 is 2.36 bits per heavy atom. The zero-order valence-electron chi connectivity index (χ0n) is 8.83. The molecule has 0 radical (unpaired) electrons. The van der Waals surface area contributed by atoms with Crippen molar-refractivity contribution >= 4 is 0 Å². The summed E-state index contributed by atoms with van der Waals surface area (Å²) in [5.41, 5.74) is 6.72. The van der Waals surface area contributed by atoms with E-state index in [2.05, 4.69) is 0 Å². The van der Waals surface area contributed by atoms with Crippen molar-refractivity contribution in [1.29, 1.82) is 0 Å². The van der Waals surface area contributed by atoms with E-state index in [9.17, 15) is 4.39 Å². The van der Waals surface area contributed by atoms with Gasteiger partial charge >= 0.3 is 0 Å². The minimum atomic E-state index is -0.136. The highest BCUT2D eigenvalue weighted by Crippen LogP contribution is 2.25. The maximum atomic E-state index is 13.5. The van der Waals surface area contributed by atoms with Crippen LogP contribution in [0.25, 0.3) is 0 Å². The minimum Gasteiger partial charge on any atom is -0.327 e. The van der Waals surface area contributed by atoms with Gasteiger partial charge in [-0.05, 0) is 24.5 Å². The zero-order chi connectivity index (χ0) is 10.6. The normalized spacial score (nSPS) is 15.1. The maximum Gasteiger partial charge on any atom is 0.126 e. The van der Waals surface area contributed by atoms with E-state index >= 15 is 0 Å². The van der Waals surface area contributed by atoms with Crippen molar-refractivity contribution in [3.05, 3.63) is 35.6 Å². The predicted molar refractivity (Wildman–Crippen MR) is 57.7 cm³/mol. The molecule has 1 aromatic carbocycles. The van der Waals surface area contributed by atoms with Crippen LogP contribution in [-0.4, -0.2) is 6.04 Å². The molecule has 2 atom stereocenters. The molecule has 0 saturated carbocycles. The van der Waals surface area contributed by atoms with E-state index in [0.29, 0.717) is 0 Å². The van der Waals surface area contributed by atoms with Crippen molar-refractivity contribution in [2.45, 2.75) is 38.6 Å². The van der Waals surface area contributed by atoms with Crippen LogP contribution < -0.4 is 5.73 Å². The zero-order valence-corrected chi connectivity index (χ0v) is 8.83. The lowest BCUT2D eigenvalue weighted by Crippen LogP contribution is -2.27. The smallest absolute Gasteiger partial charge is 0.126 e. The number of rotatable bonds is 4. The first kappa shape index (κ1) is 11.2. The highest BCUT2D eigenvalue weighted by Gasteiger charge is 2.18. The second-order valence-electron chi connectivity index (χ2n) is 3.61. The van der Waals surface area contributed by atoms with E-state index in [0.717, 1.165) is 18.4 Å². The lowest BCUT2D eigenvalue weighted by Gasteiger charge is -2.22. The van der Waals surface area contributed by atoms with E-state index < -0.39 is 0 Å². The molecule has 1 aromatic rings. The summed E-state index contributed by atoms with van der Waals surface area (Å²) in [6.45, 7) is 4.08. The van der Waals surface area contributed by atoms with Gasteiger partial charge in [0.1, 0.15) is 5.82 Å². The molecule has 2 N–H and O–H groups in total. The molecule has 0 aliphatic carbocycles. The quantitative estimate of drug-likeness (QED) is 0.785. The van der Waals surface area contributed by atoms with Crippen molar-refractivity contribution < 1.29 is 4.39 Å². The van der Waals surface area contributed by atoms with Gasteiger partial charge in [-0.25, -0.2) is 4.39 Å².